The molecule has 0 saturated heterocycles. The zero-order valence-electron chi connectivity index (χ0n) is 12.1. The van der Waals surface area contributed by atoms with Crippen molar-refractivity contribution in [3.63, 3.8) is 0 Å². The lowest BCUT2D eigenvalue weighted by Crippen LogP contribution is -2.26. The van der Waals surface area contributed by atoms with Gasteiger partial charge < -0.3 is 5.73 Å². The van der Waals surface area contributed by atoms with E-state index in [-0.39, 0.29) is 24.4 Å². The van der Waals surface area contributed by atoms with Gasteiger partial charge in [0.1, 0.15) is 0 Å². The Bertz CT molecular complexity index is 663. The van der Waals surface area contributed by atoms with E-state index in [2.05, 4.69) is 22.0 Å². The van der Waals surface area contributed by atoms with Crippen LogP contribution in [-0.4, -0.2) is 6.04 Å². The van der Waals surface area contributed by atoms with Crippen LogP contribution in [0.1, 0.15) is 29.5 Å². The third-order valence-corrected chi connectivity index (χ3v) is 4.19. The first-order chi connectivity index (χ1) is 9.99. The standard InChI is InChI=1S/C17H16BrClN2.ClH/c1-11(21)17(8-12-2-4-16(19)5-3-12)14-6-13(10-20)7-15(18)9-14;/h2-7,9,11,17H,8,21H2,1H3;1H. The first kappa shape index (κ1) is 19.0. The van der Waals surface area contributed by atoms with Crippen LogP contribution < -0.4 is 5.73 Å². The maximum Gasteiger partial charge on any atom is 0.0992 e. The molecule has 0 aliphatic carbocycles. The lowest BCUT2D eigenvalue weighted by molar-refractivity contribution is 0.565. The fourth-order valence-corrected chi connectivity index (χ4v) is 3.01. The van der Waals surface area contributed by atoms with Crippen LogP contribution in [0.25, 0.3) is 0 Å². The van der Waals surface area contributed by atoms with Crippen molar-refractivity contribution in [1.29, 1.82) is 5.26 Å². The van der Waals surface area contributed by atoms with Crippen LogP contribution in [0, 0.1) is 11.3 Å². The summed E-state index contributed by atoms with van der Waals surface area (Å²) in [6, 6.07) is 15.7. The maximum atomic E-state index is 9.11. The topological polar surface area (TPSA) is 49.8 Å². The minimum Gasteiger partial charge on any atom is -0.327 e. The van der Waals surface area contributed by atoms with Gasteiger partial charge in [0, 0.05) is 21.5 Å². The fourth-order valence-electron chi connectivity index (χ4n) is 2.37. The van der Waals surface area contributed by atoms with Gasteiger partial charge in [-0.2, -0.15) is 5.26 Å². The van der Waals surface area contributed by atoms with Crippen LogP contribution >= 0.6 is 39.9 Å². The summed E-state index contributed by atoms with van der Waals surface area (Å²) in [5, 5.41) is 9.84. The second kappa shape index (κ2) is 8.55. The fraction of sp³-hybridized carbons (Fsp3) is 0.235. The van der Waals surface area contributed by atoms with Gasteiger partial charge in [0.15, 0.2) is 0 Å². The van der Waals surface area contributed by atoms with Crippen LogP contribution in [0.15, 0.2) is 46.9 Å². The van der Waals surface area contributed by atoms with E-state index in [9.17, 15) is 0 Å². The largest absolute Gasteiger partial charge is 0.327 e. The summed E-state index contributed by atoms with van der Waals surface area (Å²) >= 11 is 9.38. The van der Waals surface area contributed by atoms with Gasteiger partial charge in [0.25, 0.3) is 0 Å². The van der Waals surface area contributed by atoms with Crippen LogP contribution in [0.4, 0.5) is 0 Å². The number of nitrogens with zero attached hydrogens (tertiary/aromatic N) is 1. The molecule has 0 fully saturated rings. The molecule has 2 unspecified atom stereocenters. The monoisotopic (exact) mass is 398 g/mol. The lowest BCUT2D eigenvalue weighted by Gasteiger charge is -2.22. The lowest BCUT2D eigenvalue weighted by atomic mass is 9.86. The van der Waals surface area contributed by atoms with E-state index in [0.717, 1.165) is 21.5 Å². The van der Waals surface area contributed by atoms with Crippen molar-refractivity contribution in [2.24, 2.45) is 5.73 Å². The van der Waals surface area contributed by atoms with Crippen molar-refractivity contribution < 1.29 is 0 Å². The Morgan fingerprint density at radius 2 is 1.86 bits per heavy atom. The molecule has 2 N–H and O–H groups in total. The minimum absolute atomic E-state index is 0. The SMILES string of the molecule is CC(N)C(Cc1ccc(Cl)cc1)c1cc(Br)cc(C#N)c1.Cl. The summed E-state index contributed by atoms with van der Waals surface area (Å²) in [4.78, 5) is 0. The highest BCUT2D eigenvalue weighted by atomic mass is 79.9. The molecule has 2 aromatic carbocycles. The van der Waals surface area contributed by atoms with Crippen molar-refractivity contribution >= 4 is 39.9 Å². The average Bonchev–Trinajstić information content (AvgIpc) is 2.45. The molecule has 2 nitrogen and oxygen atoms in total. The highest BCUT2D eigenvalue weighted by Crippen LogP contribution is 2.28. The molecule has 0 aliphatic rings. The average molecular weight is 400 g/mol. The zero-order chi connectivity index (χ0) is 15.4. The molecular formula is C17H17BrCl2N2. The Morgan fingerprint density at radius 1 is 1.23 bits per heavy atom. The van der Waals surface area contributed by atoms with Crippen molar-refractivity contribution in [2.75, 3.05) is 0 Å². The van der Waals surface area contributed by atoms with Gasteiger partial charge >= 0.3 is 0 Å². The molecular weight excluding hydrogens is 383 g/mol. The number of hydrogen-bond donors (Lipinski definition) is 1. The van der Waals surface area contributed by atoms with E-state index >= 15 is 0 Å². The molecule has 0 bridgehead atoms. The Kier molecular flexibility index (Phi) is 7.38. The normalized spacial score (nSPS) is 12.9. The minimum atomic E-state index is -0.0125. The summed E-state index contributed by atoms with van der Waals surface area (Å²) in [6.07, 6.45) is 0.816. The Hall–Kier alpha value is -1.05. The van der Waals surface area contributed by atoms with E-state index in [1.165, 1.54) is 5.56 Å². The number of benzene rings is 2. The number of nitriles is 1. The Morgan fingerprint density at radius 3 is 2.41 bits per heavy atom. The predicted octanol–water partition coefficient (Wildman–Crippen LogP) is 5.07. The molecule has 0 saturated carbocycles. The third-order valence-electron chi connectivity index (χ3n) is 3.48. The van der Waals surface area contributed by atoms with Gasteiger partial charge in [-0.05, 0) is 54.8 Å². The molecule has 0 radical (unpaired) electrons. The summed E-state index contributed by atoms with van der Waals surface area (Å²) in [5.41, 5.74) is 9.06. The molecule has 0 spiro atoms. The van der Waals surface area contributed by atoms with Gasteiger partial charge in [0.05, 0.1) is 11.6 Å². The predicted molar refractivity (Wildman–Crippen MR) is 97.7 cm³/mol. The molecule has 2 atom stereocenters. The van der Waals surface area contributed by atoms with E-state index in [4.69, 9.17) is 22.6 Å². The molecule has 0 amide bonds. The van der Waals surface area contributed by atoms with Gasteiger partial charge in [-0.15, -0.1) is 12.4 Å². The molecule has 22 heavy (non-hydrogen) atoms. The number of hydrogen-bond acceptors (Lipinski definition) is 2. The van der Waals surface area contributed by atoms with Crippen molar-refractivity contribution in [2.45, 2.75) is 25.3 Å². The molecule has 0 aliphatic heterocycles. The molecule has 0 heterocycles. The number of rotatable bonds is 4. The van der Waals surface area contributed by atoms with Crippen LogP contribution in [-0.2, 0) is 6.42 Å². The summed E-state index contributed by atoms with van der Waals surface area (Å²) in [7, 11) is 0. The Labute approximate surface area is 150 Å². The maximum absolute atomic E-state index is 9.11. The van der Waals surface area contributed by atoms with Crippen molar-refractivity contribution in [3.05, 3.63) is 68.7 Å². The first-order valence-electron chi connectivity index (χ1n) is 6.70. The van der Waals surface area contributed by atoms with E-state index < -0.39 is 0 Å². The van der Waals surface area contributed by atoms with Gasteiger partial charge in [-0.3, -0.25) is 0 Å². The molecule has 5 heteroatoms. The van der Waals surface area contributed by atoms with Crippen LogP contribution in [0.3, 0.4) is 0 Å². The van der Waals surface area contributed by atoms with Gasteiger partial charge in [0.2, 0.25) is 0 Å². The smallest absolute Gasteiger partial charge is 0.0992 e. The van der Waals surface area contributed by atoms with E-state index in [1.54, 1.807) is 0 Å². The summed E-state index contributed by atoms with van der Waals surface area (Å²) in [5.74, 6) is 0.149. The summed E-state index contributed by atoms with van der Waals surface area (Å²) < 4.78 is 0.901. The zero-order valence-corrected chi connectivity index (χ0v) is 15.3. The van der Waals surface area contributed by atoms with Crippen molar-refractivity contribution in [1.82, 2.24) is 0 Å². The van der Waals surface area contributed by atoms with Crippen LogP contribution in [0.5, 0.6) is 0 Å². The first-order valence-corrected chi connectivity index (χ1v) is 7.87. The van der Waals surface area contributed by atoms with Gasteiger partial charge in [-0.25, -0.2) is 0 Å². The van der Waals surface area contributed by atoms with Crippen molar-refractivity contribution in [3.8, 4) is 6.07 Å². The van der Waals surface area contributed by atoms with Gasteiger partial charge in [-0.1, -0.05) is 39.7 Å². The second-order valence-corrected chi connectivity index (χ2v) is 6.53. The van der Waals surface area contributed by atoms with E-state index in [0.29, 0.717) is 5.56 Å². The van der Waals surface area contributed by atoms with Crippen LogP contribution in [0.2, 0.25) is 5.02 Å². The molecule has 2 aromatic rings. The molecule has 116 valence electrons. The molecule has 2 rings (SSSR count). The number of nitrogens with two attached hydrogens (primary N) is 1. The quantitative estimate of drug-likeness (QED) is 0.779. The Balaban J connectivity index is 0.00000242. The second-order valence-electron chi connectivity index (χ2n) is 5.18. The molecule has 0 aromatic heterocycles. The highest BCUT2D eigenvalue weighted by molar-refractivity contribution is 9.10. The summed E-state index contributed by atoms with van der Waals surface area (Å²) in [6.45, 7) is 1.99. The third kappa shape index (κ3) is 5.00. The highest BCUT2D eigenvalue weighted by Gasteiger charge is 2.18. The number of halogens is 3. The van der Waals surface area contributed by atoms with E-state index in [1.807, 2.05) is 49.4 Å².